The Bertz CT molecular complexity index is 682. The highest BCUT2D eigenvalue weighted by Crippen LogP contribution is 2.23. The molecule has 0 radical (unpaired) electrons. The van der Waals surface area contributed by atoms with E-state index < -0.39 is 0 Å². The molecule has 0 aliphatic heterocycles. The van der Waals surface area contributed by atoms with Crippen molar-refractivity contribution in [2.75, 3.05) is 5.73 Å². The zero-order valence-electron chi connectivity index (χ0n) is 13.6. The molecule has 2 heteroatoms. The highest BCUT2D eigenvalue weighted by molar-refractivity contribution is 5.55. The number of hydrogen-bond donors (Lipinski definition) is 1. The predicted octanol–water partition coefficient (Wildman–Crippen LogP) is 4.51. The molecular weight excluding hydrogens is 268 g/mol. The molecule has 2 aromatic carbocycles. The number of nitrogen functional groups attached to an aromatic ring is 1. The summed E-state index contributed by atoms with van der Waals surface area (Å²) in [5, 5.41) is 8.94. The van der Waals surface area contributed by atoms with Gasteiger partial charge in [0.2, 0.25) is 0 Å². The first kappa shape index (κ1) is 16.1. The monoisotopic (exact) mass is 292 g/mol. The van der Waals surface area contributed by atoms with Gasteiger partial charge >= 0.3 is 0 Å². The molecule has 0 aromatic heterocycles. The van der Waals surface area contributed by atoms with E-state index in [0.717, 1.165) is 12.8 Å². The van der Waals surface area contributed by atoms with Crippen LogP contribution in [0, 0.1) is 30.1 Å². The number of nitriles is 1. The Morgan fingerprint density at radius 1 is 1.00 bits per heavy atom. The number of nitrogens with zero attached hydrogens (tertiary/aromatic N) is 1. The summed E-state index contributed by atoms with van der Waals surface area (Å²) in [6, 6.07) is 16.6. The molecule has 0 fully saturated rings. The van der Waals surface area contributed by atoms with Gasteiger partial charge in [-0.15, -0.1) is 0 Å². The van der Waals surface area contributed by atoms with Gasteiger partial charge in [-0.1, -0.05) is 49.7 Å². The third-order valence-corrected chi connectivity index (χ3v) is 4.41. The van der Waals surface area contributed by atoms with Gasteiger partial charge < -0.3 is 5.73 Å². The first-order valence-electron chi connectivity index (χ1n) is 7.83. The first-order chi connectivity index (χ1) is 10.5. The van der Waals surface area contributed by atoms with Gasteiger partial charge in [0, 0.05) is 5.69 Å². The third-order valence-electron chi connectivity index (χ3n) is 4.41. The second-order valence-electron chi connectivity index (χ2n) is 6.39. The van der Waals surface area contributed by atoms with Gasteiger partial charge in [0.25, 0.3) is 0 Å². The Kier molecular flexibility index (Phi) is 5.22. The lowest BCUT2D eigenvalue weighted by Gasteiger charge is -2.20. The van der Waals surface area contributed by atoms with E-state index in [2.05, 4.69) is 51.1 Å². The normalized spacial score (nSPS) is 13.4. The lowest BCUT2D eigenvalue weighted by molar-refractivity contribution is 0.383. The van der Waals surface area contributed by atoms with E-state index in [1.807, 2.05) is 18.2 Å². The van der Waals surface area contributed by atoms with Crippen LogP contribution in [0.5, 0.6) is 0 Å². The van der Waals surface area contributed by atoms with E-state index in [4.69, 9.17) is 11.0 Å². The largest absolute Gasteiger partial charge is 0.398 e. The van der Waals surface area contributed by atoms with Crippen molar-refractivity contribution in [1.82, 2.24) is 0 Å². The van der Waals surface area contributed by atoms with Crippen molar-refractivity contribution in [1.29, 1.82) is 5.26 Å². The lowest BCUT2D eigenvalue weighted by Crippen LogP contribution is -2.14. The summed E-state index contributed by atoms with van der Waals surface area (Å²) in [5.74, 6) is 1.16. The van der Waals surface area contributed by atoms with Crippen LogP contribution in [-0.4, -0.2) is 0 Å². The average Bonchev–Trinajstić information content (AvgIpc) is 2.47. The van der Waals surface area contributed by atoms with E-state index in [1.54, 1.807) is 0 Å². The van der Waals surface area contributed by atoms with Gasteiger partial charge in [-0.3, -0.25) is 0 Å². The number of benzene rings is 2. The molecule has 0 heterocycles. The average molecular weight is 292 g/mol. The molecule has 0 saturated heterocycles. The summed E-state index contributed by atoms with van der Waals surface area (Å²) in [7, 11) is 0. The second-order valence-corrected chi connectivity index (χ2v) is 6.39. The van der Waals surface area contributed by atoms with Crippen LogP contribution >= 0.6 is 0 Å². The molecule has 2 rings (SSSR count). The van der Waals surface area contributed by atoms with Crippen LogP contribution in [-0.2, 0) is 12.8 Å². The summed E-state index contributed by atoms with van der Waals surface area (Å²) < 4.78 is 0. The zero-order valence-corrected chi connectivity index (χ0v) is 13.6. The summed E-state index contributed by atoms with van der Waals surface area (Å²) in [6.07, 6.45) is 2.08. The molecular formula is C20H24N2. The van der Waals surface area contributed by atoms with Crippen LogP contribution in [0.25, 0.3) is 0 Å². The fourth-order valence-electron chi connectivity index (χ4n) is 2.83. The number of aryl methyl sites for hydroxylation is 1. The van der Waals surface area contributed by atoms with E-state index in [0.29, 0.717) is 23.1 Å². The van der Waals surface area contributed by atoms with Crippen molar-refractivity contribution in [3.8, 4) is 6.07 Å². The lowest BCUT2D eigenvalue weighted by atomic mass is 9.85. The SMILES string of the molecule is Cc1cccc(CC(C)C(C)Cc2ccc(C#N)c(N)c2)c1. The highest BCUT2D eigenvalue weighted by Gasteiger charge is 2.14. The van der Waals surface area contributed by atoms with Gasteiger partial charge in [-0.05, 0) is 54.9 Å². The fourth-order valence-corrected chi connectivity index (χ4v) is 2.83. The topological polar surface area (TPSA) is 49.8 Å². The maximum Gasteiger partial charge on any atom is 0.101 e. The molecule has 2 N–H and O–H groups in total. The van der Waals surface area contributed by atoms with Gasteiger partial charge in [-0.25, -0.2) is 0 Å². The van der Waals surface area contributed by atoms with Crippen LogP contribution in [0.3, 0.4) is 0 Å². The molecule has 2 nitrogen and oxygen atoms in total. The minimum absolute atomic E-state index is 0.559. The Morgan fingerprint density at radius 3 is 2.18 bits per heavy atom. The van der Waals surface area contributed by atoms with E-state index >= 15 is 0 Å². The van der Waals surface area contributed by atoms with Crippen LogP contribution in [0.4, 0.5) is 5.69 Å². The fraction of sp³-hybridized carbons (Fsp3) is 0.350. The number of nitrogens with two attached hydrogens (primary N) is 1. The van der Waals surface area contributed by atoms with Crippen LogP contribution in [0.1, 0.15) is 36.1 Å². The van der Waals surface area contributed by atoms with Crippen molar-refractivity contribution < 1.29 is 0 Å². The number of rotatable bonds is 5. The molecule has 0 aliphatic rings. The Labute approximate surface area is 133 Å². The molecule has 0 aliphatic carbocycles. The van der Waals surface area contributed by atoms with Gasteiger partial charge in [0.15, 0.2) is 0 Å². The summed E-state index contributed by atoms with van der Waals surface area (Å²) in [5.41, 5.74) is 11.0. The van der Waals surface area contributed by atoms with Crippen LogP contribution in [0.15, 0.2) is 42.5 Å². The van der Waals surface area contributed by atoms with Crippen molar-refractivity contribution in [2.24, 2.45) is 11.8 Å². The second kappa shape index (κ2) is 7.13. The molecule has 0 saturated carbocycles. The molecule has 2 aromatic rings. The van der Waals surface area contributed by atoms with Crippen molar-refractivity contribution in [2.45, 2.75) is 33.6 Å². The summed E-state index contributed by atoms with van der Waals surface area (Å²) >= 11 is 0. The molecule has 2 unspecified atom stereocenters. The van der Waals surface area contributed by atoms with Crippen molar-refractivity contribution >= 4 is 5.69 Å². The summed E-state index contributed by atoms with van der Waals surface area (Å²) in [4.78, 5) is 0. The molecule has 0 amide bonds. The van der Waals surface area contributed by atoms with Crippen molar-refractivity contribution in [3.05, 3.63) is 64.7 Å². The molecule has 2 atom stereocenters. The maximum absolute atomic E-state index is 8.94. The quantitative estimate of drug-likeness (QED) is 0.824. The Morgan fingerprint density at radius 2 is 1.64 bits per heavy atom. The zero-order chi connectivity index (χ0) is 16.1. The standard InChI is InChI=1S/C20H24N2/c1-14-5-4-6-17(9-14)10-15(2)16(3)11-18-7-8-19(13-21)20(22)12-18/h4-9,12,15-16H,10-11,22H2,1-3H3. The van der Waals surface area contributed by atoms with Crippen LogP contribution in [0.2, 0.25) is 0 Å². The summed E-state index contributed by atoms with van der Waals surface area (Å²) in [6.45, 7) is 6.73. The molecule has 22 heavy (non-hydrogen) atoms. The van der Waals surface area contributed by atoms with Crippen molar-refractivity contribution in [3.63, 3.8) is 0 Å². The molecule has 0 spiro atoms. The van der Waals surface area contributed by atoms with Gasteiger partial charge in [0.1, 0.15) is 6.07 Å². The van der Waals surface area contributed by atoms with E-state index in [9.17, 15) is 0 Å². The van der Waals surface area contributed by atoms with Crippen LogP contribution < -0.4 is 5.73 Å². The minimum Gasteiger partial charge on any atom is -0.398 e. The van der Waals surface area contributed by atoms with E-state index in [-0.39, 0.29) is 0 Å². The third kappa shape index (κ3) is 4.11. The Balaban J connectivity index is 2.01. The predicted molar refractivity (Wildman–Crippen MR) is 92.5 cm³/mol. The number of anilines is 1. The number of hydrogen-bond acceptors (Lipinski definition) is 2. The Hall–Kier alpha value is -2.27. The minimum atomic E-state index is 0.559. The first-order valence-corrected chi connectivity index (χ1v) is 7.83. The smallest absolute Gasteiger partial charge is 0.101 e. The molecule has 0 bridgehead atoms. The maximum atomic E-state index is 8.94. The highest BCUT2D eigenvalue weighted by atomic mass is 14.6. The van der Waals surface area contributed by atoms with E-state index in [1.165, 1.54) is 16.7 Å². The van der Waals surface area contributed by atoms with Gasteiger partial charge in [0.05, 0.1) is 5.56 Å². The van der Waals surface area contributed by atoms with Gasteiger partial charge in [-0.2, -0.15) is 5.26 Å². The molecule has 114 valence electrons.